The molecule has 0 aliphatic carbocycles. The number of rotatable bonds is 5. The van der Waals surface area contributed by atoms with Gasteiger partial charge in [0.2, 0.25) is 0 Å². The minimum absolute atomic E-state index is 0.643. The smallest absolute Gasteiger partial charge is 0.00828 e. The van der Waals surface area contributed by atoms with Crippen LogP contribution in [0.5, 0.6) is 0 Å². The molecule has 1 rings (SSSR count). The molecule has 0 spiro atoms. The third-order valence-electron chi connectivity index (χ3n) is 3.14. The van der Waals surface area contributed by atoms with Crippen LogP contribution in [0.25, 0.3) is 0 Å². The maximum Gasteiger partial charge on any atom is 0.00828 e. The second kappa shape index (κ2) is 6.70. The standard InChI is InChI=1S/C11H24N2S/c1-9(2)10(7-12)8-13-11-3-5-14-6-4-11/h9-11,13H,3-8,12H2,1-2H3. The monoisotopic (exact) mass is 216 g/mol. The number of thioether (sulfide) groups is 1. The Bertz CT molecular complexity index is 144. The number of hydrogen-bond acceptors (Lipinski definition) is 3. The molecule has 0 radical (unpaired) electrons. The van der Waals surface area contributed by atoms with Crippen LogP contribution in [-0.4, -0.2) is 30.6 Å². The zero-order valence-electron chi connectivity index (χ0n) is 9.46. The Balaban J connectivity index is 2.16. The fourth-order valence-electron chi connectivity index (χ4n) is 1.81. The lowest BCUT2D eigenvalue weighted by atomic mass is 9.95. The molecule has 3 N–H and O–H groups in total. The predicted octanol–water partition coefficient (Wildman–Crippen LogP) is 1.70. The van der Waals surface area contributed by atoms with Gasteiger partial charge in [-0.05, 0) is 49.3 Å². The Kier molecular flexibility index (Phi) is 5.90. The van der Waals surface area contributed by atoms with E-state index in [-0.39, 0.29) is 0 Å². The summed E-state index contributed by atoms with van der Waals surface area (Å²) >= 11 is 2.08. The normalized spacial score (nSPS) is 21.4. The summed E-state index contributed by atoms with van der Waals surface area (Å²) in [5.41, 5.74) is 5.75. The van der Waals surface area contributed by atoms with Gasteiger partial charge in [0.25, 0.3) is 0 Å². The summed E-state index contributed by atoms with van der Waals surface area (Å²) in [5, 5.41) is 3.66. The molecule has 1 atom stereocenters. The molecule has 0 aromatic heterocycles. The molecule has 1 aliphatic heterocycles. The van der Waals surface area contributed by atoms with Crippen LogP contribution in [0.3, 0.4) is 0 Å². The van der Waals surface area contributed by atoms with E-state index in [1.807, 2.05) is 0 Å². The van der Waals surface area contributed by atoms with Gasteiger partial charge in [-0.25, -0.2) is 0 Å². The van der Waals surface area contributed by atoms with Gasteiger partial charge >= 0.3 is 0 Å². The number of nitrogens with two attached hydrogens (primary N) is 1. The van der Waals surface area contributed by atoms with E-state index >= 15 is 0 Å². The summed E-state index contributed by atoms with van der Waals surface area (Å²) in [6.45, 7) is 6.43. The molecule has 0 aromatic carbocycles. The van der Waals surface area contributed by atoms with Crippen molar-refractivity contribution in [2.45, 2.75) is 32.7 Å². The van der Waals surface area contributed by atoms with Crippen LogP contribution in [0.1, 0.15) is 26.7 Å². The lowest BCUT2D eigenvalue weighted by molar-refractivity contribution is 0.342. The topological polar surface area (TPSA) is 38.0 Å². The lowest BCUT2D eigenvalue weighted by Gasteiger charge is -2.26. The van der Waals surface area contributed by atoms with Crippen LogP contribution in [0, 0.1) is 11.8 Å². The van der Waals surface area contributed by atoms with Crippen molar-refractivity contribution in [1.29, 1.82) is 0 Å². The van der Waals surface area contributed by atoms with E-state index in [4.69, 9.17) is 5.73 Å². The van der Waals surface area contributed by atoms with Crippen LogP contribution in [0.2, 0.25) is 0 Å². The van der Waals surface area contributed by atoms with Gasteiger partial charge in [-0.1, -0.05) is 13.8 Å². The molecular weight excluding hydrogens is 192 g/mol. The van der Waals surface area contributed by atoms with E-state index < -0.39 is 0 Å². The Labute approximate surface area is 92.4 Å². The maximum atomic E-state index is 5.75. The van der Waals surface area contributed by atoms with Gasteiger partial charge in [0.1, 0.15) is 0 Å². The van der Waals surface area contributed by atoms with Gasteiger partial charge in [0.05, 0.1) is 0 Å². The summed E-state index contributed by atoms with van der Waals surface area (Å²) in [4.78, 5) is 0. The molecule has 1 fully saturated rings. The van der Waals surface area contributed by atoms with Crippen molar-refractivity contribution in [2.24, 2.45) is 17.6 Å². The summed E-state index contributed by atoms with van der Waals surface area (Å²) < 4.78 is 0. The van der Waals surface area contributed by atoms with Crippen LogP contribution >= 0.6 is 11.8 Å². The number of hydrogen-bond donors (Lipinski definition) is 2. The summed E-state index contributed by atoms with van der Waals surface area (Å²) in [6.07, 6.45) is 2.67. The van der Waals surface area contributed by atoms with E-state index in [0.29, 0.717) is 11.8 Å². The Morgan fingerprint density at radius 2 is 2.00 bits per heavy atom. The molecule has 3 heteroatoms. The molecule has 0 aromatic rings. The van der Waals surface area contributed by atoms with Crippen LogP contribution in [-0.2, 0) is 0 Å². The Hall–Kier alpha value is 0.270. The van der Waals surface area contributed by atoms with Crippen molar-refractivity contribution in [3.8, 4) is 0 Å². The molecule has 1 heterocycles. The van der Waals surface area contributed by atoms with Crippen LogP contribution < -0.4 is 11.1 Å². The SMILES string of the molecule is CC(C)C(CN)CNC1CCSCC1. The molecule has 0 bridgehead atoms. The third kappa shape index (κ3) is 4.20. The van der Waals surface area contributed by atoms with Crippen molar-refractivity contribution in [3.63, 3.8) is 0 Å². The van der Waals surface area contributed by atoms with Gasteiger partial charge in [0.15, 0.2) is 0 Å². The zero-order valence-corrected chi connectivity index (χ0v) is 10.3. The van der Waals surface area contributed by atoms with E-state index in [0.717, 1.165) is 19.1 Å². The first-order valence-corrected chi connectivity index (χ1v) is 6.90. The first kappa shape index (κ1) is 12.3. The molecule has 1 unspecified atom stereocenters. The molecule has 1 saturated heterocycles. The zero-order chi connectivity index (χ0) is 10.4. The number of nitrogens with one attached hydrogen (secondary N) is 1. The first-order chi connectivity index (χ1) is 6.74. The fourth-order valence-corrected chi connectivity index (χ4v) is 2.92. The molecule has 2 nitrogen and oxygen atoms in total. The van der Waals surface area contributed by atoms with Crippen molar-refractivity contribution in [3.05, 3.63) is 0 Å². The highest BCUT2D eigenvalue weighted by molar-refractivity contribution is 7.99. The van der Waals surface area contributed by atoms with Crippen molar-refractivity contribution < 1.29 is 0 Å². The Morgan fingerprint density at radius 3 is 2.50 bits per heavy atom. The molecule has 84 valence electrons. The molecule has 0 saturated carbocycles. The minimum atomic E-state index is 0.643. The van der Waals surface area contributed by atoms with Crippen molar-refractivity contribution >= 4 is 11.8 Å². The molecule has 0 amide bonds. The van der Waals surface area contributed by atoms with Crippen LogP contribution in [0.4, 0.5) is 0 Å². The molecular formula is C11H24N2S. The largest absolute Gasteiger partial charge is 0.330 e. The van der Waals surface area contributed by atoms with Crippen LogP contribution in [0.15, 0.2) is 0 Å². The van der Waals surface area contributed by atoms with Gasteiger partial charge in [-0.2, -0.15) is 11.8 Å². The van der Waals surface area contributed by atoms with E-state index in [1.165, 1.54) is 24.3 Å². The average Bonchev–Trinajstić information content (AvgIpc) is 2.20. The first-order valence-electron chi connectivity index (χ1n) is 5.75. The summed E-state index contributed by atoms with van der Waals surface area (Å²) in [6, 6.07) is 0.754. The van der Waals surface area contributed by atoms with E-state index in [2.05, 4.69) is 30.9 Å². The van der Waals surface area contributed by atoms with Gasteiger partial charge in [-0.3, -0.25) is 0 Å². The minimum Gasteiger partial charge on any atom is -0.330 e. The quantitative estimate of drug-likeness (QED) is 0.734. The summed E-state index contributed by atoms with van der Waals surface area (Å²) in [5.74, 6) is 3.99. The second-order valence-electron chi connectivity index (χ2n) is 4.53. The van der Waals surface area contributed by atoms with Gasteiger partial charge in [-0.15, -0.1) is 0 Å². The molecule has 14 heavy (non-hydrogen) atoms. The molecule has 1 aliphatic rings. The maximum absolute atomic E-state index is 5.75. The van der Waals surface area contributed by atoms with Crippen molar-refractivity contribution in [2.75, 3.05) is 24.6 Å². The predicted molar refractivity (Wildman–Crippen MR) is 65.7 cm³/mol. The van der Waals surface area contributed by atoms with E-state index in [9.17, 15) is 0 Å². The van der Waals surface area contributed by atoms with Gasteiger partial charge in [0, 0.05) is 6.04 Å². The second-order valence-corrected chi connectivity index (χ2v) is 5.76. The highest BCUT2D eigenvalue weighted by Gasteiger charge is 2.16. The highest BCUT2D eigenvalue weighted by atomic mass is 32.2. The lowest BCUT2D eigenvalue weighted by Crippen LogP contribution is -2.39. The van der Waals surface area contributed by atoms with Gasteiger partial charge < -0.3 is 11.1 Å². The Morgan fingerprint density at radius 1 is 1.36 bits per heavy atom. The van der Waals surface area contributed by atoms with E-state index in [1.54, 1.807) is 0 Å². The summed E-state index contributed by atoms with van der Waals surface area (Å²) in [7, 11) is 0. The average molecular weight is 216 g/mol. The fraction of sp³-hybridized carbons (Fsp3) is 1.00. The third-order valence-corrected chi connectivity index (χ3v) is 4.18. The van der Waals surface area contributed by atoms with Crippen molar-refractivity contribution in [1.82, 2.24) is 5.32 Å². The highest BCUT2D eigenvalue weighted by Crippen LogP contribution is 2.17.